The summed E-state index contributed by atoms with van der Waals surface area (Å²) in [4.78, 5) is 0. The molecule has 5 atom stereocenters. The first-order valence-electron chi connectivity index (χ1n) is 8.96. The van der Waals surface area contributed by atoms with E-state index in [0.717, 1.165) is 17.9 Å². The van der Waals surface area contributed by atoms with Gasteiger partial charge in [-0.3, -0.25) is 0 Å². The number of benzene rings is 1. The zero-order valence-corrected chi connectivity index (χ0v) is 14.6. The second kappa shape index (κ2) is 5.33. The highest BCUT2D eigenvalue weighted by Crippen LogP contribution is 2.66. The molecule has 1 saturated heterocycles. The van der Waals surface area contributed by atoms with E-state index in [4.69, 9.17) is 14.0 Å². The summed E-state index contributed by atoms with van der Waals surface area (Å²) in [6.45, 7) is 9.72. The van der Waals surface area contributed by atoms with Crippen LogP contribution >= 0.6 is 0 Å². The van der Waals surface area contributed by atoms with Crippen molar-refractivity contribution in [1.82, 2.24) is 0 Å². The van der Waals surface area contributed by atoms with Crippen molar-refractivity contribution in [1.29, 1.82) is 0 Å². The number of hydrogen-bond acceptors (Lipinski definition) is 3. The van der Waals surface area contributed by atoms with Gasteiger partial charge in [0.15, 0.2) is 0 Å². The van der Waals surface area contributed by atoms with E-state index in [9.17, 15) is 0 Å². The van der Waals surface area contributed by atoms with Crippen LogP contribution in [0.1, 0.15) is 52.1 Å². The molecule has 1 aromatic rings. The van der Waals surface area contributed by atoms with E-state index in [1.807, 2.05) is 25.1 Å². The molecular weight excluding hydrogens is 287 g/mol. The van der Waals surface area contributed by atoms with Gasteiger partial charge in [0.05, 0.1) is 11.7 Å². The van der Waals surface area contributed by atoms with E-state index in [1.165, 1.54) is 6.42 Å². The fourth-order valence-electron chi connectivity index (χ4n) is 5.18. The van der Waals surface area contributed by atoms with E-state index in [2.05, 4.69) is 32.9 Å². The van der Waals surface area contributed by atoms with E-state index in [-0.39, 0.29) is 24.8 Å². The lowest BCUT2D eigenvalue weighted by Gasteiger charge is -2.64. The molecule has 1 aromatic carbocycles. The van der Waals surface area contributed by atoms with Crippen molar-refractivity contribution >= 4 is 7.12 Å². The fourth-order valence-corrected chi connectivity index (χ4v) is 5.18. The summed E-state index contributed by atoms with van der Waals surface area (Å²) in [7, 11) is -0.303. The highest BCUT2D eigenvalue weighted by atomic mass is 16.7. The summed E-state index contributed by atoms with van der Waals surface area (Å²) >= 11 is 0. The van der Waals surface area contributed by atoms with E-state index >= 15 is 0 Å². The molecule has 4 aliphatic rings. The van der Waals surface area contributed by atoms with Crippen LogP contribution in [-0.2, 0) is 14.0 Å². The quantitative estimate of drug-likeness (QED) is 0.785. The standard InChI is InChI=1S/C19H27BO3/c1-5-21-17(13-9-7-6-8-10-13)20-22-16-12-14-11-15(18(14,2)3)19(16,4)23-20/h6-10,14-17H,5,11-12H2,1-4H3/t14-,15-,16+,17+,19-/m0/s1. The minimum atomic E-state index is -0.303. The minimum absolute atomic E-state index is 0.149. The first kappa shape index (κ1) is 15.7. The van der Waals surface area contributed by atoms with Crippen LogP contribution in [-0.4, -0.2) is 25.4 Å². The third kappa shape index (κ3) is 2.22. The zero-order valence-electron chi connectivity index (χ0n) is 14.6. The molecule has 3 nitrogen and oxygen atoms in total. The normalized spacial score (nSPS) is 38.8. The highest BCUT2D eigenvalue weighted by Gasteiger charge is 2.68. The maximum absolute atomic E-state index is 6.56. The van der Waals surface area contributed by atoms with Crippen LogP contribution in [0.3, 0.4) is 0 Å². The summed E-state index contributed by atoms with van der Waals surface area (Å²) in [6, 6.07) is 10.2. The van der Waals surface area contributed by atoms with Gasteiger partial charge in [-0.2, -0.15) is 0 Å². The molecule has 0 amide bonds. The molecule has 3 saturated carbocycles. The van der Waals surface area contributed by atoms with Gasteiger partial charge in [0, 0.05) is 6.61 Å². The van der Waals surface area contributed by atoms with Crippen LogP contribution in [0.25, 0.3) is 0 Å². The molecule has 0 aromatic heterocycles. The van der Waals surface area contributed by atoms with Gasteiger partial charge in [-0.25, -0.2) is 0 Å². The van der Waals surface area contributed by atoms with Gasteiger partial charge in [0.25, 0.3) is 0 Å². The van der Waals surface area contributed by atoms with E-state index < -0.39 is 0 Å². The zero-order chi connectivity index (χ0) is 16.2. The molecule has 124 valence electrons. The maximum Gasteiger partial charge on any atom is 0.493 e. The molecule has 4 heteroatoms. The van der Waals surface area contributed by atoms with Gasteiger partial charge in [-0.1, -0.05) is 44.2 Å². The lowest BCUT2D eigenvalue weighted by atomic mass is 9.43. The van der Waals surface area contributed by atoms with E-state index in [0.29, 0.717) is 17.9 Å². The average Bonchev–Trinajstić information content (AvgIpc) is 2.89. The van der Waals surface area contributed by atoms with Gasteiger partial charge in [0.2, 0.25) is 0 Å². The molecule has 2 bridgehead atoms. The Balaban J connectivity index is 1.59. The smallest absolute Gasteiger partial charge is 0.403 e. The fraction of sp³-hybridized carbons (Fsp3) is 0.684. The molecule has 4 fully saturated rings. The number of rotatable bonds is 4. The topological polar surface area (TPSA) is 27.7 Å². The monoisotopic (exact) mass is 314 g/mol. The van der Waals surface area contributed by atoms with Crippen molar-refractivity contribution < 1.29 is 14.0 Å². The summed E-state index contributed by atoms with van der Waals surface area (Å²) in [5, 5.41) is 0. The highest BCUT2D eigenvalue weighted by molar-refractivity contribution is 6.47. The molecule has 1 heterocycles. The second-order valence-electron chi connectivity index (χ2n) is 8.12. The van der Waals surface area contributed by atoms with E-state index in [1.54, 1.807) is 0 Å². The predicted octanol–water partition coefficient (Wildman–Crippen LogP) is 4.03. The third-order valence-electron chi connectivity index (χ3n) is 6.69. The van der Waals surface area contributed by atoms with Crippen molar-refractivity contribution in [2.45, 2.75) is 58.2 Å². The van der Waals surface area contributed by atoms with Gasteiger partial charge in [-0.15, -0.1) is 0 Å². The van der Waals surface area contributed by atoms with Crippen molar-refractivity contribution in [2.24, 2.45) is 17.3 Å². The van der Waals surface area contributed by atoms with Crippen LogP contribution in [0.5, 0.6) is 0 Å². The van der Waals surface area contributed by atoms with Crippen LogP contribution < -0.4 is 0 Å². The predicted molar refractivity (Wildman–Crippen MR) is 90.9 cm³/mol. The van der Waals surface area contributed by atoms with Crippen molar-refractivity contribution in [2.75, 3.05) is 6.61 Å². The summed E-state index contributed by atoms with van der Waals surface area (Å²) in [5.74, 6) is 1.36. The molecule has 1 aliphatic heterocycles. The van der Waals surface area contributed by atoms with Crippen LogP contribution in [0, 0.1) is 17.3 Å². The Morgan fingerprint density at radius 2 is 1.96 bits per heavy atom. The van der Waals surface area contributed by atoms with Gasteiger partial charge in [0.1, 0.15) is 6.00 Å². The second-order valence-corrected chi connectivity index (χ2v) is 8.12. The Bertz CT molecular complexity index is 575. The average molecular weight is 314 g/mol. The number of ether oxygens (including phenoxy) is 1. The van der Waals surface area contributed by atoms with Crippen molar-refractivity contribution in [3.8, 4) is 0 Å². The minimum Gasteiger partial charge on any atom is -0.403 e. The Kier molecular flexibility index (Phi) is 3.64. The van der Waals surface area contributed by atoms with Gasteiger partial charge >= 0.3 is 7.12 Å². The van der Waals surface area contributed by atoms with Crippen molar-refractivity contribution in [3.05, 3.63) is 35.9 Å². The van der Waals surface area contributed by atoms with Gasteiger partial charge in [-0.05, 0) is 49.5 Å². The number of hydrogen-bond donors (Lipinski definition) is 0. The van der Waals surface area contributed by atoms with Gasteiger partial charge < -0.3 is 14.0 Å². The molecule has 5 rings (SSSR count). The summed E-state index contributed by atoms with van der Waals surface area (Å²) < 4.78 is 19.0. The van der Waals surface area contributed by atoms with Crippen LogP contribution in [0.4, 0.5) is 0 Å². The Labute approximate surface area is 139 Å². The SMILES string of the molecule is CCO[C@@H](B1O[C@@H]2C[C@@H]3C[C@@H](C3(C)C)[C@]2(C)O1)c1ccccc1. The van der Waals surface area contributed by atoms with Crippen LogP contribution in [0.2, 0.25) is 0 Å². The lowest BCUT2D eigenvalue weighted by Crippen LogP contribution is -2.65. The Morgan fingerprint density at radius 3 is 2.61 bits per heavy atom. The molecule has 0 unspecified atom stereocenters. The maximum atomic E-state index is 6.56. The molecular formula is C19H27BO3. The molecule has 0 spiro atoms. The largest absolute Gasteiger partial charge is 0.493 e. The Hall–Kier alpha value is -0.835. The molecule has 0 radical (unpaired) electrons. The first-order valence-corrected chi connectivity index (χ1v) is 8.96. The Morgan fingerprint density at radius 1 is 1.22 bits per heavy atom. The van der Waals surface area contributed by atoms with Crippen molar-refractivity contribution in [3.63, 3.8) is 0 Å². The molecule has 3 aliphatic carbocycles. The first-order chi connectivity index (χ1) is 11.0. The third-order valence-corrected chi connectivity index (χ3v) is 6.69. The van der Waals surface area contributed by atoms with Crippen LogP contribution in [0.15, 0.2) is 30.3 Å². The molecule has 23 heavy (non-hydrogen) atoms. The lowest BCUT2D eigenvalue weighted by molar-refractivity contribution is -0.199. The summed E-state index contributed by atoms with van der Waals surface area (Å²) in [6.07, 6.45) is 2.60. The molecule has 0 N–H and O–H groups in total. The summed E-state index contributed by atoms with van der Waals surface area (Å²) in [5.41, 5.74) is 1.33.